The fourth-order valence-corrected chi connectivity index (χ4v) is 3.05. The molecule has 2 aliphatic heterocycles. The molecule has 1 spiro atoms. The third-order valence-electron chi connectivity index (χ3n) is 4.15. The van der Waals surface area contributed by atoms with Gasteiger partial charge < -0.3 is 20.1 Å². The molecule has 0 radical (unpaired) electrons. The number of carbonyl (C=O) groups excluding carboxylic acids is 2. The Morgan fingerprint density at radius 3 is 2.38 bits per heavy atom. The smallest absolute Gasteiger partial charge is 0.410 e. The van der Waals surface area contributed by atoms with Gasteiger partial charge in [0.05, 0.1) is 0 Å². The Morgan fingerprint density at radius 2 is 1.90 bits per heavy atom. The summed E-state index contributed by atoms with van der Waals surface area (Å²) in [5.41, 5.74) is -1.14. The summed E-state index contributed by atoms with van der Waals surface area (Å²) in [6.07, 6.45) is 0.589. The van der Waals surface area contributed by atoms with Crippen molar-refractivity contribution in [3.63, 3.8) is 0 Å². The highest BCUT2D eigenvalue weighted by atomic mass is 16.6. The van der Waals surface area contributed by atoms with Gasteiger partial charge in [-0.3, -0.25) is 9.59 Å². The topological polar surface area (TPSA) is 95.9 Å². The average molecular weight is 298 g/mol. The Hall–Kier alpha value is -1.79. The van der Waals surface area contributed by atoms with E-state index in [1.54, 1.807) is 25.7 Å². The second-order valence-electron chi connectivity index (χ2n) is 6.82. The van der Waals surface area contributed by atoms with E-state index in [4.69, 9.17) is 4.74 Å². The Bertz CT molecular complexity index is 460. The fraction of sp³-hybridized carbons (Fsp3) is 0.786. The number of rotatable bonds is 1. The molecule has 7 heteroatoms. The minimum Gasteiger partial charge on any atom is -0.481 e. The van der Waals surface area contributed by atoms with Crippen LogP contribution in [-0.2, 0) is 14.3 Å². The first-order valence-corrected chi connectivity index (χ1v) is 7.13. The van der Waals surface area contributed by atoms with Crippen molar-refractivity contribution < 1.29 is 24.2 Å². The van der Waals surface area contributed by atoms with Gasteiger partial charge in [0, 0.05) is 25.0 Å². The molecule has 2 fully saturated rings. The van der Waals surface area contributed by atoms with Gasteiger partial charge in [0.15, 0.2) is 0 Å². The summed E-state index contributed by atoms with van der Waals surface area (Å²) in [6.45, 7) is 6.59. The van der Waals surface area contributed by atoms with Crippen LogP contribution in [0.5, 0.6) is 0 Å². The van der Waals surface area contributed by atoms with Gasteiger partial charge in [-0.15, -0.1) is 0 Å². The zero-order chi connectivity index (χ0) is 15.8. The largest absolute Gasteiger partial charge is 0.481 e. The van der Waals surface area contributed by atoms with Gasteiger partial charge in [0.25, 0.3) is 0 Å². The number of nitrogens with zero attached hydrogens (tertiary/aromatic N) is 1. The highest BCUT2D eigenvalue weighted by Gasteiger charge is 2.54. The average Bonchev–Trinajstić information content (AvgIpc) is 2.65. The summed E-state index contributed by atoms with van der Waals surface area (Å²) in [7, 11) is 0. The lowest BCUT2D eigenvalue weighted by Gasteiger charge is -2.40. The van der Waals surface area contributed by atoms with Crippen molar-refractivity contribution in [3.8, 4) is 0 Å². The minimum absolute atomic E-state index is 0.366. The van der Waals surface area contributed by atoms with Crippen molar-refractivity contribution in [2.45, 2.75) is 39.2 Å². The molecule has 2 rings (SSSR count). The maximum atomic E-state index is 12.0. The van der Waals surface area contributed by atoms with Crippen LogP contribution in [0, 0.1) is 11.3 Å². The number of hydrogen-bond donors (Lipinski definition) is 2. The molecule has 0 bridgehead atoms. The number of carbonyl (C=O) groups is 3. The monoisotopic (exact) mass is 298 g/mol. The summed E-state index contributed by atoms with van der Waals surface area (Å²) < 4.78 is 5.31. The number of likely N-dealkylation sites (tertiary alicyclic amines) is 1. The molecule has 21 heavy (non-hydrogen) atoms. The molecule has 0 aliphatic carbocycles. The summed E-state index contributed by atoms with van der Waals surface area (Å²) in [5, 5.41) is 11.9. The summed E-state index contributed by atoms with van der Waals surface area (Å²) in [6, 6.07) is 0. The summed E-state index contributed by atoms with van der Waals surface area (Å²) >= 11 is 0. The van der Waals surface area contributed by atoms with E-state index in [0.29, 0.717) is 32.5 Å². The molecule has 118 valence electrons. The molecule has 0 aromatic heterocycles. The number of nitrogens with one attached hydrogen (secondary N) is 1. The van der Waals surface area contributed by atoms with Crippen LogP contribution in [0.1, 0.15) is 33.6 Å². The zero-order valence-electron chi connectivity index (χ0n) is 12.6. The van der Waals surface area contributed by atoms with E-state index in [-0.39, 0.29) is 6.09 Å². The third kappa shape index (κ3) is 3.11. The number of amides is 2. The standard InChI is InChI=1S/C14H22N2O5/c1-13(2,3)21-12(20)16-6-4-14(5-7-16)8-15-10(17)9(14)11(18)19/h9H,4-8H2,1-3H3,(H,15,17)(H,18,19). The van der Waals surface area contributed by atoms with E-state index >= 15 is 0 Å². The van der Waals surface area contributed by atoms with E-state index in [0.717, 1.165) is 0 Å². The highest BCUT2D eigenvalue weighted by Crippen LogP contribution is 2.42. The first-order valence-electron chi connectivity index (χ1n) is 7.13. The number of carboxylic acids is 1. The summed E-state index contributed by atoms with van der Waals surface area (Å²) in [4.78, 5) is 36.6. The molecule has 0 aromatic carbocycles. The van der Waals surface area contributed by atoms with Gasteiger partial charge in [0.1, 0.15) is 11.5 Å². The van der Waals surface area contributed by atoms with Gasteiger partial charge in [-0.1, -0.05) is 0 Å². The first kappa shape index (κ1) is 15.6. The van der Waals surface area contributed by atoms with Crippen molar-refractivity contribution in [2.24, 2.45) is 11.3 Å². The molecule has 2 heterocycles. The normalized spacial score (nSPS) is 24.8. The van der Waals surface area contributed by atoms with Crippen molar-refractivity contribution in [1.29, 1.82) is 0 Å². The molecule has 2 amide bonds. The summed E-state index contributed by atoms with van der Waals surface area (Å²) in [5.74, 6) is -2.53. The van der Waals surface area contributed by atoms with E-state index < -0.39 is 28.8 Å². The molecule has 0 aromatic rings. The Labute approximate surface area is 123 Å². The van der Waals surface area contributed by atoms with E-state index in [1.807, 2.05) is 0 Å². The minimum atomic E-state index is -1.09. The van der Waals surface area contributed by atoms with Crippen LogP contribution >= 0.6 is 0 Å². The van der Waals surface area contributed by atoms with Crippen molar-refractivity contribution in [2.75, 3.05) is 19.6 Å². The Kier molecular flexibility index (Phi) is 3.86. The second kappa shape index (κ2) is 5.20. The van der Waals surface area contributed by atoms with Gasteiger partial charge >= 0.3 is 12.1 Å². The predicted octanol–water partition coefficient (Wildman–Crippen LogP) is 0.834. The van der Waals surface area contributed by atoms with Crippen LogP contribution in [-0.4, -0.2) is 53.2 Å². The van der Waals surface area contributed by atoms with Gasteiger partial charge in [0.2, 0.25) is 5.91 Å². The van der Waals surface area contributed by atoms with Crippen LogP contribution < -0.4 is 5.32 Å². The second-order valence-corrected chi connectivity index (χ2v) is 6.82. The fourth-order valence-electron chi connectivity index (χ4n) is 3.05. The lowest BCUT2D eigenvalue weighted by molar-refractivity contribution is -0.150. The lowest BCUT2D eigenvalue weighted by atomic mass is 9.70. The van der Waals surface area contributed by atoms with E-state index in [2.05, 4.69) is 5.32 Å². The van der Waals surface area contributed by atoms with Gasteiger partial charge in [-0.25, -0.2) is 4.79 Å². The van der Waals surface area contributed by atoms with Gasteiger partial charge in [-0.2, -0.15) is 0 Å². The maximum Gasteiger partial charge on any atom is 0.410 e. The molecule has 2 saturated heterocycles. The number of hydrogen-bond acceptors (Lipinski definition) is 4. The molecule has 2 N–H and O–H groups in total. The first-order chi connectivity index (χ1) is 9.65. The number of aliphatic carboxylic acids is 1. The molecular weight excluding hydrogens is 276 g/mol. The SMILES string of the molecule is CC(C)(C)OC(=O)N1CCC2(CC1)CNC(=O)C2C(=O)O. The van der Waals surface area contributed by atoms with E-state index in [1.165, 1.54) is 0 Å². The molecular formula is C14H22N2O5. The Morgan fingerprint density at radius 1 is 1.33 bits per heavy atom. The van der Waals surface area contributed by atoms with Crippen LogP contribution in [0.2, 0.25) is 0 Å². The highest BCUT2D eigenvalue weighted by molar-refractivity contribution is 5.99. The molecule has 0 saturated carbocycles. The number of piperidine rings is 1. The molecule has 1 atom stereocenters. The molecule has 1 unspecified atom stereocenters. The predicted molar refractivity (Wildman–Crippen MR) is 73.6 cm³/mol. The quantitative estimate of drug-likeness (QED) is 0.699. The molecule has 7 nitrogen and oxygen atoms in total. The van der Waals surface area contributed by atoms with Crippen LogP contribution in [0.4, 0.5) is 4.79 Å². The van der Waals surface area contributed by atoms with Crippen molar-refractivity contribution in [1.82, 2.24) is 10.2 Å². The third-order valence-corrected chi connectivity index (χ3v) is 4.15. The van der Waals surface area contributed by atoms with E-state index in [9.17, 15) is 19.5 Å². The number of ether oxygens (including phenoxy) is 1. The Balaban J connectivity index is 2.01. The van der Waals surface area contributed by atoms with Crippen LogP contribution in [0.15, 0.2) is 0 Å². The zero-order valence-corrected chi connectivity index (χ0v) is 12.6. The lowest BCUT2D eigenvalue weighted by Crippen LogP contribution is -2.49. The van der Waals surface area contributed by atoms with Crippen LogP contribution in [0.3, 0.4) is 0 Å². The van der Waals surface area contributed by atoms with Crippen LogP contribution in [0.25, 0.3) is 0 Å². The van der Waals surface area contributed by atoms with Crippen molar-refractivity contribution >= 4 is 18.0 Å². The number of carboxylic acid groups (broad SMARTS) is 1. The van der Waals surface area contributed by atoms with Crippen molar-refractivity contribution in [3.05, 3.63) is 0 Å². The maximum absolute atomic E-state index is 12.0. The van der Waals surface area contributed by atoms with Gasteiger partial charge in [-0.05, 0) is 33.6 Å². The molecule has 2 aliphatic rings.